The molecule has 0 bridgehead atoms. The zero-order valence-corrected chi connectivity index (χ0v) is 9.34. The summed E-state index contributed by atoms with van der Waals surface area (Å²) in [7, 11) is 0. The van der Waals surface area contributed by atoms with Crippen LogP contribution in [0.25, 0.3) is 0 Å². The first-order valence-corrected chi connectivity index (χ1v) is 5.31. The lowest BCUT2D eigenvalue weighted by Crippen LogP contribution is -2.48. The summed E-state index contributed by atoms with van der Waals surface area (Å²) in [5.41, 5.74) is 7.22. The van der Waals surface area contributed by atoms with Crippen LogP contribution in [0.2, 0.25) is 0 Å². The van der Waals surface area contributed by atoms with Crippen molar-refractivity contribution < 1.29 is 9.53 Å². The molecule has 1 saturated carbocycles. The number of carbonyl (C=O) groups excluding carboxylic acids is 1. The Morgan fingerprint density at radius 2 is 1.87 bits per heavy atom. The van der Waals surface area contributed by atoms with Gasteiger partial charge in [0, 0.05) is 0 Å². The van der Waals surface area contributed by atoms with Gasteiger partial charge >= 0.3 is 5.97 Å². The third-order valence-corrected chi connectivity index (χ3v) is 2.93. The monoisotopic (exact) mass is 209 g/mol. The minimum absolute atomic E-state index is 0.299. The van der Waals surface area contributed by atoms with E-state index >= 15 is 0 Å². The molecule has 15 heavy (non-hydrogen) atoms. The van der Waals surface area contributed by atoms with Gasteiger partial charge in [-0.05, 0) is 32.6 Å². The summed E-state index contributed by atoms with van der Waals surface area (Å²) in [6, 6.07) is 0. The van der Waals surface area contributed by atoms with Gasteiger partial charge in [-0.1, -0.05) is 24.3 Å². The second-order valence-electron chi connectivity index (χ2n) is 4.08. The lowest BCUT2D eigenvalue weighted by molar-refractivity contribution is -0.150. The molecular weight excluding hydrogens is 190 g/mol. The molecule has 0 aromatic carbocycles. The van der Waals surface area contributed by atoms with E-state index in [4.69, 9.17) is 10.5 Å². The molecule has 0 unspecified atom stereocenters. The number of ether oxygens (including phenoxy) is 1. The van der Waals surface area contributed by atoms with Crippen molar-refractivity contribution in [3.63, 3.8) is 0 Å². The quantitative estimate of drug-likeness (QED) is 0.558. The van der Waals surface area contributed by atoms with Crippen molar-refractivity contribution in [2.45, 2.75) is 38.1 Å². The minimum atomic E-state index is -0.849. The summed E-state index contributed by atoms with van der Waals surface area (Å²) in [4.78, 5) is 11.7. The second kappa shape index (κ2) is 4.62. The molecule has 0 aromatic rings. The van der Waals surface area contributed by atoms with Crippen LogP contribution in [0.5, 0.6) is 0 Å². The summed E-state index contributed by atoms with van der Waals surface area (Å²) in [6.07, 6.45) is 2.66. The van der Waals surface area contributed by atoms with Crippen LogP contribution in [0.15, 0.2) is 24.3 Å². The van der Waals surface area contributed by atoms with Gasteiger partial charge in [-0.2, -0.15) is 0 Å². The van der Waals surface area contributed by atoms with Crippen LogP contribution >= 0.6 is 0 Å². The standard InChI is InChI=1S/C12H19NO2/c1-4-15-11(14)12(13)7-5-9(2)10(3)6-8-12/h2-8,13H2,1H3. The highest BCUT2D eigenvalue weighted by atomic mass is 16.5. The third-order valence-electron chi connectivity index (χ3n) is 2.93. The topological polar surface area (TPSA) is 52.3 Å². The maximum atomic E-state index is 11.7. The molecule has 0 aromatic heterocycles. The highest BCUT2D eigenvalue weighted by Gasteiger charge is 2.36. The van der Waals surface area contributed by atoms with E-state index in [2.05, 4.69) is 13.2 Å². The van der Waals surface area contributed by atoms with Crippen LogP contribution in [0.4, 0.5) is 0 Å². The first-order chi connectivity index (χ1) is 6.99. The average molecular weight is 209 g/mol. The third kappa shape index (κ3) is 2.69. The molecule has 1 fully saturated rings. The maximum Gasteiger partial charge on any atom is 0.326 e. The lowest BCUT2D eigenvalue weighted by Gasteiger charge is -2.24. The van der Waals surface area contributed by atoms with Crippen LogP contribution in [0.3, 0.4) is 0 Å². The Bertz CT molecular complexity index is 276. The van der Waals surface area contributed by atoms with Gasteiger partial charge < -0.3 is 10.5 Å². The fraction of sp³-hybridized carbons (Fsp3) is 0.583. The summed E-state index contributed by atoms with van der Waals surface area (Å²) in [6.45, 7) is 10.00. The van der Waals surface area contributed by atoms with Crippen LogP contribution in [-0.2, 0) is 9.53 Å². The summed E-state index contributed by atoms with van der Waals surface area (Å²) in [5, 5.41) is 0. The predicted octanol–water partition coefficient (Wildman–Crippen LogP) is 1.93. The smallest absolute Gasteiger partial charge is 0.326 e. The van der Waals surface area contributed by atoms with Crippen molar-refractivity contribution >= 4 is 5.97 Å². The molecule has 1 rings (SSSR count). The van der Waals surface area contributed by atoms with Gasteiger partial charge in [0.1, 0.15) is 5.54 Å². The van der Waals surface area contributed by atoms with Gasteiger partial charge in [0.25, 0.3) is 0 Å². The summed E-state index contributed by atoms with van der Waals surface area (Å²) >= 11 is 0. The van der Waals surface area contributed by atoms with Gasteiger partial charge in [-0.25, -0.2) is 0 Å². The Balaban J connectivity index is 2.73. The molecule has 3 nitrogen and oxygen atoms in total. The summed E-state index contributed by atoms with van der Waals surface area (Å²) in [5.74, 6) is -0.299. The van der Waals surface area contributed by atoms with Gasteiger partial charge in [0.15, 0.2) is 0 Å². The molecule has 3 heteroatoms. The summed E-state index contributed by atoms with van der Waals surface area (Å²) < 4.78 is 4.99. The number of carbonyl (C=O) groups is 1. The lowest BCUT2D eigenvalue weighted by atomic mass is 9.91. The van der Waals surface area contributed by atoms with Gasteiger partial charge in [-0.15, -0.1) is 0 Å². The van der Waals surface area contributed by atoms with E-state index in [0.717, 1.165) is 24.0 Å². The molecule has 0 amide bonds. The largest absolute Gasteiger partial charge is 0.465 e. The zero-order valence-electron chi connectivity index (χ0n) is 9.34. The Hall–Kier alpha value is -1.09. The number of hydrogen-bond donors (Lipinski definition) is 1. The van der Waals surface area contributed by atoms with Crippen molar-refractivity contribution in [2.75, 3.05) is 6.61 Å². The number of hydrogen-bond acceptors (Lipinski definition) is 3. The van der Waals surface area contributed by atoms with Crippen molar-refractivity contribution in [3.05, 3.63) is 24.3 Å². The van der Waals surface area contributed by atoms with E-state index in [-0.39, 0.29) is 5.97 Å². The van der Waals surface area contributed by atoms with Crippen LogP contribution in [0, 0.1) is 0 Å². The molecule has 0 radical (unpaired) electrons. The SMILES string of the molecule is C=C1CCC(N)(C(=O)OCC)CCC1=C. The Kier molecular flexibility index (Phi) is 3.69. The molecule has 0 spiro atoms. The maximum absolute atomic E-state index is 11.7. The van der Waals surface area contributed by atoms with Crippen molar-refractivity contribution in [3.8, 4) is 0 Å². The highest BCUT2D eigenvalue weighted by molar-refractivity contribution is 5.80. The van der Waals surface area contributed by atoms with E-state index in [0.29, 0.717) is 19.4 Å². The van der Waals surface area contributed by atoms with E-state index in [1.54, 1.807) is 6.92 Å². The molecule has 1 aliphatic carbocycles. The zero-order chi connectivity index (χ0) is 11.5. The average Bonchev–Trinajstić information content (AvgIpc) is 2.33. The number of allylic oxidation sites excluding steroid dienone is 2. The number of nitrogens with two attached hydrogens (primary N) is 1. The fourth-order valence-corrected chi connectivity index (χ4v) is 1.71. The second-order valence-corrected chi connectivity index (χ2v) is 4.08. The van der Waals surface area contributed by atoms with E-state index in [1.165, 1.54) is 0 Å². The minimum Gasteiger partial charge on any atom is -0.465 e. The van der Waals surface area contributed by atoms with Gasteiger partial charge in [0.05, 0.1) is 6.61 Å². The Labute approximate surface area is 91.0 Å². The first-order valence-electron chi connectivity index (χ1n) is 5.31. The van der Waals surface area contributed by atoms with E-state index in [9.17, 15) is 4.79 Å². The van der Waals surface area contributed by atoms with Crippen molar-refractivity contribution in [1.29, 1.82) is 0 Å². The van der Waals surface area contributed by atoms with Gasteiger partial charge in [-0.3, -0.25) is 4.79 Å². The molecular formula is C12H19NO2. The Morgan fingerprint density at radius 3 is 2.27 bits per heavy atom. The number of esters is 1. The molecule has 0 aliphatic heterocycles. The molecule has 1 aliphatic rings. The number of rotatable bonds is 2. The highest BCUT2D eigenvalue weighted by Crippen LogP contribution is 2.31. The fourth-order valence-electron chi connectivity index (χ4n) is 1.71. The molecule has 0 heterocycles. The van der Waals surface area contributed by atoms with E-state index < -0.39 is 5.54 Å². The van der Waals surface area contributed by atoms with E-state index in [1.807, 2.05) is 0 Å². The molecule has 84 valence electrons. The van der Waals surface area contributed by atoms with Gasteiger partial charge in [0.2, 0.25) is 0 Å². The molecule has 0 saturated heterocycles. The predicted molar refractivity (Wildman–Crippen MR) is 60.3 cm³/mol. The first kappa shape index (κ1) is 12.0. The van der Waals surface area contributed by atoms with Crippen LogP contribution in [-0.4, -0.2) is 18.1 Å². The van der Waals surface area contributed by atoms with Crippen LogP contribution in [0.1, 0.15) is 32.6 Å². The van der Waals surface area contributed by atoms with Crippen molar-refractivity contribution in [2.24, 2.45) is 5.73 Å². The van der Waals surface area contributed by atoms with Crippen LogP contribution < -0.4 is 5.73 Å². The normalized spacial score (nSPS) is 20.9. The molecule has 0 atom stereocenters. The Morgan fingerprint density at radius 1 is 1.40 bits per heavy atom. The van der Waals surface area contributed by atoms with Crippen molar-refractivity contribution in [1.82, 2.24) is 0 Å². The molecule has 2 N–H and O–H groups in total.